The Hall–Kier alpha value is -1.35. The van der Waals surface area contributed by atoms with E-state index in [2.05, 4.69) is 36.5 Å². The van der Waals surface area contributed by atoms with Gasteiger partial charge in [-0.3, -0.25) is 4.79 Å². The average molecular weight is 232 g/mol. The highest BCUT2D eigenvalue weighted by Crippen LogP contribution is 2.15. The second kappa shape index (κ2) is 5.32. The highest BCUT2D eigenvalue weighted by molar-refractivity contribution is 5.83. The van der Waals surface area contributed by atoms with Crippen molar-refractivity contribution in [2.75, 3.05) is 20.1 Å². The fourth-order valence-electron chi connectivity index (χ4n) is 2.23. The van der Waals surface area contributed by atoms with Crippen molar-refractivity contribution in [1.29, 1.82) is 0 Å². The van der Waals surface area contributed by atoms with E-state index in [1.54, 1.807) is 4.90 Å². The van der Waals surface area contributed by atoms with Crippen molar-refractivity contribution < 1.29 is 4.79 Å². The Morgan fingerprint density at radius 3 is 2.71 bits per heavy atom. The fourth-order valence-corrected chi connectivity index (χ4v) is 2.23. The van der Waals surface area contributed by atoms with Crippen LogP contribution in [0, 0.1) is 0 Å². The molecule has 1 fully saturated rings. The van der Waals surface area contributed by atoms with Gasteiger partial charge >= 0.3 is 0 Å². The van der Waals surface area contributed by atoms with Crippen molar-refractivity contribution in [3.05, 3.63) is 35.9 Å². The summed E-state index contributed by atoms with van der Waals surface area (Å²) in [5, 5.41) is 3.37. The van der Waals surface area contributed by atoms with Crippen LogP contribution < -0.4 is 5.32 Å². The lowest BCUT2D eigenvalue weighted by atomic mass is 10.0. The molecule has 1 N–H and O–H groups in total. The Kier molecular flexibility index (Phi) is 3.79. The number of hydrogen-bond acceptors (Lipinski definition) is 2. The number of rotatable bonds is 4. The Labute approximate surface area is 103 Å². The van der Waals surface area contributed by atoms with Crippen molar-refractivity contribution in [2.45, 2.75) is 25.3 Å². The van der Waals surface area contributed by atoms with Crippen molar-refractivity contribution in [1.82, 2.24) is 10.2 Å². The molecular weight excluding hydrogens is 212 g/mol. The van der Waals surface area contributed by atoms with E-state index in [1.807, 2.05) is 13.1 Å². The van der Waals surface area contributed by atoms with Crippen LogP contribution >= 0.6 is 0 Å². The SMILES string of the molecule is CC(CNC1CCN(C)C1=O)c1ccccc1. The average Bonchev–Trinajstić information content (AvgIpc) is 2.68. The first-order valence-electron chi connectivity index (χ1n) is 6.22. The smallest absolute Gasteiger partial charge is 0.239 e. The maximum atomic E-state index is 11.7. The normalized spacial score (nSPS) is 21.9. The van der Waals surface area contributed by atoms with E-state index in [4.69, 9.17) is 0 Å². The number of amides is 1. The van der Waals surface area contributed by atoms with Crippen molar-refractivity contribution in [2.24, 2.45) is 0 Å². The maximum absolute atomic E-state index is 11.7. The zero-order valence-corrected chi connectivity index (χ0v) is 10.5. The summed E-state index contributed by atoms with van der Waals surface area (Å²) in [6.07, 6.45) is 0.927. The summed E-state index contributed by atoms with van der Waals surface area (Å²) >= 11 is 0. The van der Waals surface area contributed by atoms with Gasteiger partial charge < -0.3 is 10.2 Å². The van der Waals surface area contributed by atoms with E-state index in [9.17, 15) is 4.79 Å². The van der Waals surface area contributed by atoms with Crippen LogP contribution in [0.2, 0.25) is 0 Å². The topological polar surface area (TPSA) is 32.3 Å². The molecular formula is C14H20N2O. The minimum absolute atomic E-state index is 0.0196. The zero-order chi connectivity index (χ0) is 12.3. The monoisotopic (exact) mass is 232 g/mol. The number of hydrogen-bond donors (Lipinski definition) is 1. The van der Waals surface area contributed by atoms with Crippen molar-refractivity contribution in [3.8, 4) is 0 Å². The predicted molar refractivity (Wildman–Crippen MR) is 68.9 cm³/mol. The number of benzene rings is 1. The maximum Gasteiger partial charge on any atom is 0.239 e. The Balaban J connectivity index is 1.85. The molecule has 92 valence electrons. The van der Waals surface area contributed by atoms with Crippen LogP contribution in [0.1, 0.15) is 24.8 Å². The van der Waals surface area contributed by atoms with Crippen LogP contribution in [0.4, 0.5) is 0 Å². The van der Waals surface area contributed by atoms with E-state index in [0.717, 1.165) is 19.5 Å². The summed E-state index contributed by atoms with van der Waals surface area (Å²) in [4.78, 5) is 13.5. The molecule has 2 atom stereocenters. The van der Waals surface area contributed by atoms with Crippen LogP contribution in [-0.4, -0.2) is 37.0 Å². The van der Waals surface area contributed by atoms with Gasteiger partial charge in [0.25, 0.3) is 0 Å². The van der Waals surface area contributed by atoms with Gasteiger partial charge in [0.1, 0.15) is 0 Å². The molecule has 0 aliphatic carbocycles. The summed E-state index contributed by atoms with van der Waals surface area (Å²) in [6.45, 7) is 3.91. The quantitative estimate of drug-likeness (QED) is 0.855. The molecule has 0 spiro atoms. The molecule has 17 heavy (non-hydrogen) atoms. The van der Waals surface area contributed by atoms with Crippen molar-refractivity contribution in [3.63, 3.8) is 0 Å². The third kappa shape index (κ3) is 2.86. The molecule has 0 radical (unpaired) electrons. The van der Waals surface area contributed by atoms with Gasteiger partial charge in [0.15, 0.2) is 0 Å². The Bertz CT molecular complexity index is 377. The van der Waals surface area contributed by atoms with Crippen LogP contribution in [0.5, 0.6) is 0 Å². The standard InChI is InChI=1S/C14H20N2O/c1-11(12-6-4-3-5-7-12)10-15-13-8-9-16(2)14(13)17/h3-7,11,13,15H,8-10H2,1-2H3. The summed E-state index contributed by atoms with van der Waals surface area (Å²) in [7, 11) is 1.87. The van der Waals surface area contributed by atoms with E-state index in [-0.39, 0.29) is 11.9 Å². The first-order valence-corrected chi connectivity index (χ1v) is 6.22. The summed E-state index contributed by atoms with van der Waals surface area (Å²) < 4.78 is 0. The molecule has 1 heterocycles. The first-order chi connectivity index (χ1) is 8.18. The van der Waals surface area contributed by atoms with Gasteiger partial charge in [0, 0.05) is 20.1 Å². The first kappa shape index (κ1) is 12.1. The lowest BCUT2D eigenvalue weighted by molar-refractivity contribution is -0.128. The van der Waals surface area contributed by atoms with Gasteiger partial charge in [0.05, 0.1) is 6.04 Å². The number of carbonyl (C=O) groups excluding carboxylic acids is 1. The highest BCUT2D eigenvalue weighted by Gasteiger charge is 2.28. The number of likely N-dealkylation sites (tertiary alicyclic amines) is 1. The van der Waals surface area contributed by atoms with Gasteiger partial charge in [0.2, 0.25) is 5.91 Å². The Morgan fingerprint density at radius 1 is 1.41 bits per heavy atom. The third-order valence-electron chi connectivity index (χ3n) is 3.47. The summed E-state index contributed by atoms with van der Waals surface area (Å²) in [5.74, 6) is 0.667. The molecule has 0 saturated carbocycles. The highest BCUT2D eigenvalue weighted by atomic mass is 16.2. The molecule has 1 aliphatic heterocycles. The van der Waals surface area contributed by atoms with Gasteiger partial charge in [-0.25, -0.2) is 0 Å². The van der Waals surface area contributed by atoms with E-state index in [1.165, 1.54) is 5.56 Å². The number of nitrogens with zero attached hydrogens (tertiary/aromatic N) is 1. The van der Waals surface area contributed by atoms with Crippen LogP contribution in [-0.2, 0) is 4.79 Å². The minimum Gasteiger partial charge on any atom is -0.344 e. The van der Waals surface area contributed by atoms with Gasteiger partial charge in [-0.15, -0.1) is 0 Å². The lowest BCUT2D eigenvalue weighted by Crippen LogP contribution is -2.38. The van der Waals surface area contributed by atoms with Gasteiger partial charge in [-0.1, -0.05) is 37.3 Å². The summed E-state index contributed by atoms with van der Waals surface area (Å²) in [6, 6.07) is 10.4. The fraction of sp³-hybridized carbons (Fsp3) is 0.500. The lowest BCUT2D eigenvalue weighted by Gasteiger charge is -2.16. The number of nitrogens with one attached hydrogen (secondary N) is 1. The third-order valence-corrected chi connectivity index (χ3v) is 3.47. The molecule has 3 heteroatoms. The van der Waals surface area contributed by atoms with E-state index in [0.29, 0.717) is 5.92 Å². The molecule has 1 aliphatic rings. The Morgan fingerprint density at radius 2 is 2.12 bits per heavy atom. The van der Waals surface area contributed by atoms with Crippen LogP contribution in [0.25, 0.3) is 0 Å². The molecule has 1 aromatic carbocycles. The molecule has 3 nitrogen and oxygen atoms in total. The molecule has 0 bridgehead atoms. The second-order valence-electron chi connectivity index (χ2n) is 4.82. The molecule has 2 unspecified atom stereocenters. The zero-order valence-electron chi connectivity index (χ0n) is 10.5. The predicted octanol–water partition coefficient (Wildman–Crippen LogP) is 1.61. The van der Waals surface area contributed by atoms with Crippen LogP contribution in [0.3, 0.4) is 0 Å². The molecule has 1 saturated heterocycles. The molecule has 1 aromatic rings. The van der Waals surface area contributed by atoms with E-state index < -0.39 is 0 Å². The van der Waals surface area contributed by atoms with E-state index >= 15 is 0 Å². The molecule has 0 aromatic heterocycles. The molecule has 1 amide bonds. The number of carbonyl (C=O) groups is 1. The van der Waals surface area contributed by atoms with Gasteiger partial charge in [-0.05, 0) is 17.9 Å². The molecule has 2 rings (SSSR count). The summed E-state index contributed by atoms with van der Waals surface area (Å²) in [5.41, 5.74) is 1.32. The van der Waals surface area contributed by atoms with Crippen LogP contribution in [0.15, 0.2) is 30.3 Å². The minimum atomic E-state index is 0.0196. The van der Waals surface area contributed by atoms with Gasteiger partial charge in [-0.2, -0.15) is 0 Å². The number of likely N-dealkylation sites (N-methyl/N-ethyl adjacent to an activating group) is 1. The largest absolute Gasteiger partial charge is 0.344 e. The second-order valence-corrected chi connectivity index (χ2v) is 4.82. The van der Waals surface area contributed by atoms with Crippen molar-refractivity contribution >= 4 is 5.91 Å².